The minimum atomic E-state index is -4.76. The van der Waals surface area contributed by atoms with Crippen LogP contribution in [0.2, 0.25) is 0 Å². The zero-order valence-corrected chi connectivity index (χ0v) is 39.4. The van der Waals surface area contributed by atoms with E-state index in [-0.39, 0.29) is 40.7 Å². The summed E-state index contributed by atoms with van der Waals surface area (Å²) in [6.45, 7) is 22.7. The molecule has 0 aliphatic rings. The molecular weight excluding hydrogens is 1040 g/mol. The second-order valence-electron chi connectivity index (χ2n) is 17.1. The first-order valence-corrected chi connectivity index (χ1v) is 22.4. The maximum Gasteiger partial charge on any atom is 0.416 e. The molecule has 0 aliphatic heterocycles. The van der Waals surface area contributed by atoms with Crippen LogP contribution in [0.1, 0.15) is 67.2 Å². The van der Waals surface area contributed by atoms with Crippen molar-refractivity contribution in [2.24, 2.45) is 0 Å². The molecule has 77 heavy (non-hydrogen) atoms. The summed E-state index contributed by atoms with van der Waals surface area (Å²) < 4.78 is 199. The fraction of sp³-hybridized carbons (Fsp3) is 0.136. The molecule has 8 aromatic carbocycles. The van der Waals surface area contributed by atoms with Crippen LogP contribution in [0.5, 0.6) is 0 Å². The Morgan fingerprint density at radius 1 is 0.312 bits per heavy atom. The van der Waals surface area contributed by atoms with Crippen molar-refractivity contribution >= 4 is 0 Å². The van der Waals surface area contributed by atoms with E-state index in [0.717, 1.165) is 72.8 Å². The molecule has 0 saturated carbocycles. The molecule has 3 atom stereocenters. The lowest BCUT2D eigenvalue weighted by Crippen LogP contribution is -2.27. The Kier molecular flexibility index (Phi) is 17.8. The number of hydrogen-bond donors (Lipinski definition) is 0. The first kappa shape index (κ1) is 57.5. The maximum absolute atomic E-state index is 14.1. The predicted molar refractivity (Wildman–Crippen MR) is 257 cm³/mol. The summed E-state index contributed by atoms with van der Waals surface area (Å²) in [6.07, 6.45) is -14.2. The lowest BCUT2D eigenvalue weighted by molar-refractivity contribution is -0.138. The van der Waals surface area contributed by atoms with Crippen molar-refractivity contribution in [3.63, 3.8) is 0 Å². The van der Waals surface area contributed by atoms with Crippen LogP contribution in [0.4, 0.5) is 65.9 Å². The van der Waals surface area contributed by atoms with E-state index >= 15 is 0 Å². The molecule has 0 bridgehead atoms. The Morgan fingerprint density at radius 2 is 0.623 bits per heavy atom. The van der Waals surface area contributed by atoms with Crippen LogP contribution in [0.25, 0.3) is 14.5 Å². The Morgan fingerprint density at radius 3 is 0.948 bits per heavy atom. The third-order valence-electron chi connectivity index (χ3n) is 11.9. The van der Waals surface area contributed by atoms with Gasteiger partial charge in [-0.1, -0.05) is 60.7 Å². The molecule has 8 rings (SSSR count). The first-order valence-electron chi connectivity index (χ1n) is 22.4. The maximum atomic E-state index is 14.1. The highest BCUT2D eigenvalue weighted by Crippen LogP contribution is 2.43. The van der Waals surface area contributed by atoms with E-state index < -0.39 is 87.2 Å². The number of halogens is 15. The van der Waals surface area contributed by atoms with Crippen LogP contribution in [0.15, 0.2) is 188 Å². The Hall–Kier alpha value is -8.82. The van der Waals surface area contributed by atoms with E-state index in [1.54, 1.807) is 60.7 Å². The van der Waals surface area contributed by atoms with Crippen molar-refractivity contribution in [1.82, 2.24) is 0 Å². The molecule has 18 heteroatoms. The van der Waals surface area contributed by atoms with Crippen molar-refractivity contribution in [3.05, 3.63) is 318 Å². The highest BCUT2D eigenvalue weighted by Gasteiger charge is 2.45. The molecule has 0 N–H and O–H groups in total. The highest BCUT2D eigenvalue weighted by atomic mass is 19.4. The molecule has 0 fully saturated rings. The molecular formula is C59H36F15N3. The number of nitrogens with zero attached hydrogens (tertiary/aromatic N) is 3. The minimum Gasteiger partial charge on any atom is -0.303 e. The number of hydrogen-bond acceptors (Lipinski definition) is 0. The molecule has 392 valence electrons. The molecule has 0 radical (unpaired) electrons. The molecule has 0 saturated heterocycles. The van der Waals surface area contributed by atoms with Gasteiger partial charge in [-0.05, 0) is 139 Å². The van der Waals surface area contributed by atoms with E-state index in [2.05, 4.69) is 14.5 Å². The Labute approximate surface area is 431 Å². The van der Waals surface area contributed by atoms with E-state index in [1.165, 1.54) is 36.4 Å². The van der Waals surface area contributed by atoms with Crippen LogP contribution in [-0.2, 0) is 42.4 Å². The van der Waals surface area contributed by atoms with Gasteiger partial charge in [0.05, 0.1) is 29.5 Å². The summed E-state index contributed by atoms with van der Waals surface area (Å²) in [4.78, 5) is 10.5. The van der Waals surface area contributed by atoms with Gasteiger partial charge in [0.2, 0.25) is 0 Å². The normalized spacial score (nSPS) is 13.4. The number of rotatable bonds is 10. The highest BCUT2D eigenvalue weighted by molar-refractivity contribution is 5.48. The molecule has 1 unspecified atom stereocenters. The second-order valence-corrected chi connectivity index (χ2v) is 17.1. The molecule has 3 nitrogen and oxygen atoms in total. The molecule has 0 aliphatic carbocycles. The largest absolute Gasteiger partial charge is 0.416 e. The molecule has 0 amide bonds. The van der Waals surface area contributed by atoms with E-state index in [0.29, 0.717) is 34.9 Å². The van der Waals surface area contributed by atoms with E-state index in [4.69, 9.17) is 19.7 Å². The summed E-state index contributed by atoms with van der Waals surface area (Å²) >= 11 is 0. The monoisotopic (exact) mass is 1070 g/mol. The van der Waals surface area contributed by atoms with Gasteiger partial charge in [0.1, 0.15) is 34.9 Å². The molecule has 0 spiro atoms. The zero-order valence-electron chi connectivity index (χ0n) is 39.4. The van der Waals surface area contributed by atoms with Gasteiger partial charge in [-0.25, -0.2) is 46.1 Å². The van der Waals surface area contributed by atoms with Crippen LogP contribution in [0, 0.1) is 54.6 Å². The van der Waals surface area contributed by atoms with Gasteiger partial charge in [-0.3, -0.25) is 9.69 Å². The summed E-state index contributed by atoms with van der Waals surface area (Å²) in [5.74, 6) is -4.87. The Balaban J connectivity index is 0.000000189. The Bertz CT molecular complexity index is 3240. The summed E-state index contributed by atoms with van der Waals surface area (Å²) in [5.41, 5.74) is -4.96. The van der Waals surface area contributed by atoms with Gasteiger partial charge in [-0.15, -0.1) is 0 Å². The summed E-state index contributed by atoms with van der Waals surface area (Å²) in [5, 5.41) is 0. The molecule has 0 aromatic heterocycles. The van der Waals surface area contributed by atoms with E-state index in [9.17, 15) is 65.9 Å². The van der Waals surface area contributed by atoms with Gasteiger partial charge in [0.25, 0.3) is 17.1 Å². The summed E-state index contributed by atoms with van der Waals surface area (Å²) in [7, 11) is 0. The average Bonchev–Trinajstić information content (AvgIpc) is 3.39. The fourth-order valence-corrected chi connectivity index (χ4v) is 8.22. The third kappa shape index (κ3) is 14.3. The topological polar surface area (TPSA) is 13.1 Å². The second kappa shape index (κ2) is 23.8. The zero-order chi connectivity index (χ0) is 56.3. The van der Waals surface area contributed by atoms with Crippen molar-refractivity contribution < 1.29 is 65.9 Å². The average molecular weight is 1070 g/mol. The first-order chi connectivity index (χ1) is 36.3. The SMILES string of the molecule is [C-]#[N+]C(c1ccc(F)cc1)c1cc(F)cc(C(F)(F)F)c1.[C-]#[N+][C@@](Cc1ccccc1)(c1ccc(F)cc1)c1cc(F)cc(C(F)(F)F)c1.[C-]#[N+][C@](Cc1ccccc1)(c1ccc(F)cc1)c1cc(F)cc(C(F)(F)F)c1. The lowest BCUT2D eigenvalue weighted by Gasteiger charge is -2.24. The van der Waals surface area contributed by atoms with Crippen molar-refractivity contribution in [2.75, 3.05) is 0 Å². The van der Waals surface area contributed by atoms with Crippen molar-refractivity contribution in [3.8, 4) is 0 Å². The number of benzene rings is 8. The molecule has 8 aromatic rings. The summed E-state index contributed by atoms with van der Waals surface area (Å²) in [6, 6.07) is 37.1. The van der Waals surface area contributed by atoms with E-state index in [1.807, 2.05) is 0 Å². The third-order valence-corrected chi connectivity index (χ3v) is 11.9. The van der Waals surface area contributed by atoms with Crippen molar-refractivity contribution in [1.29, 1.82) is 0 Å². The standard InChI is InChI=1S/2C22H14F5N.C15H8F5N/c2*1-28-21(14-15-5-3-2-4-6-15,16-7-9-19(23)10-8-16)17-11-18(22(25,26)27)13-20(24)12-17;1-21-14(9-2-4-12(16)5-3-9)10-6-11(15(18,19)20)8-13(17)7-10/h2*2-13H,14H2;2-8,14H/t2*21-;/m10./s1. The van der Waals surface area contributed by atoms with Crippen LogP contribution >= 0.6 is 0 Å². The van der Waals surface area contributed by atoms with Gasteiger partial charge >= 0.3 is 18.5 Å². The van der Waals surface area contributed by atoms with Gasteiger partial charge in [0.15, 0.2) is 0 Å². The minimum absolute atomic E-state index is 0.00369. The quantitative estimate of drug-likeness (QED) is 0.0957. The van der Waals surface area contributed by atoms with Gasteiger partial charge in [0, 0.05) is 33.4 Å². The van der Waals surface area contributed by atoms with Crippen LogP contribution in [0.3, 0.4) is 0 Å². The van der Waals surface area contributed by atoms with Gasteiger partial charge < -0.3 is 4.85 Å². The van der Waals surface area contributed by atoms with Gasteiger partial charge in [-0.2, -0.15) is 39.5 Å². The van der Waals surface area contributed by atoms with Crippen LogP contribution in [-0.4, -0.2) is 0 Å². The fourth-order valence-electron chi connectivity index (χ4n) is 8.22. The predicted octanol–water partition coefficient (Wildman–Crippen LogP) is 17.8. The molecule has 0 heterocycles. The number of alkyl halides is 9. The smallest absolute Gasteiger partial charge is 0.303 e. The van der Waals surface area contributed by atoms with Crippen LogP contribution < -0.4 is 0 Å². The van der Waals surface area contributed by atoms with Crippen molar-refractivity contribution in [2.45, 2.75) is 48.5 Å². The lowest BCUT2D eigenvalue weighted by atomic mass is 9.78.